The fraction of sp³-hybridized carbons (Fsp3) is 0.400. The van der Waals surface area contributed by atoms with E-state index < -0.39 is 0 Å². The molecule has 70 valence electrons. The van der Waals surface area contributed by atoms with Crippen molar-refractivity contribution in [3.63, 3.8) is 0 Å². The van der Waals surface area contributed by atoms with Crippen molar-refractivity contribution in [2.45, 2.75) is 12.0 Å². The van der Waals surface area contributed by atoms with E-state index in [1.165, 1.54) is 0 Å². The molecule has 0 amide bonds. The van der Waals surface area contributed by atoms with Crippen LogP contribution in [0.25, 0.3) is 0 Å². The molecule has 1 aromatic carbocycles. The Bertz CT molecular complexity index is 290. The molecule has 2 rings (SSSR count). The maximum absolute atomic E-state index is 6.19. The molecule has 0 spiro atoms. The van der Waals surface area contributed by atoms with Crippen molar-refractivity contribution in [1.29, 1.82) is 0 Å². The predicted molar refractivity (Wildman–Crippen MR) is 55.4 cm³/mol. The first-order valence-electron chi connectivity index (χ1n) is 4.33. The van der Waals surface area contributed by atoms with Crippen LogP contribution >= 0.6 is 15.9 Å². The maximum Gasteiger partial charge on any atom is 0.0689 e. The lowest BCUT2D eigenvalue weighted by atomic mass is 9.91. The van der Waals surface area contributed by atoms with Gasteiger partial charge in [0, 0.05) is 11.1 Å². The number of hydrogen-bond donors (Lipinski definition) is 1. The average molecular weight is 242 g/mol. The van der Waals surface area contributed by atoms with Crippen molar-refractivity contribution in [3.8, 4) is 0 Å². The van der Waals surface area contributed by atoms with Crippen molar-refractivity contribution < 1.29 is 4.74 Å². The molecule has 1 aromatic rings. The Balaban J connectivity index is 2.29. The molecule has 2 N–H and O–H groups in total. The fourth-order valence-electron chi connectivity index (χ4n) is 1.59. The standard InChI is InChI=1S/C10H12BrNO/c11-9-3-1-8(2-4-9)10(12)5-6-13-7-10/h1-4H,5-7,12H2. The summed E-state index contributed by atoms with van der Waals surface area (Å²) >= 11 is 3.40. The third kappa shape index (κ3) is 1.77. The average Bonchev–Trinajstić information content (AvgIpc) is 2.54. The van der Waals surface area contributed by atoms with Crippen molar-refractivity contribution in [2.24, 2.45) is 5.73 Å². The van der Waals surface area contributed by atoms with Gasteiger partial charge < -0.3 is 10.5 Å². The molecular formula is C10H12BrNO. The molecule has 0 radical (unpaired) electrons. The normalized spacial score (nSPS) is 27.8. The molecule has 1 unspecified atom stereocenters. The van der Waals surface area contributed by atoms with E-state index in [1.54, 1.807) is 0 Å². The second-order valence-corrected chi connectivity index (χ2v) is 4.38. The third-order valence-electron chi connectivity index (χ3n) is 2.47. The smallest absolute Gasteiger partial charge is 0.0689 e. The minimum atomic E-state index is -0.263. The van der Waals surface area contributed by atoms with Gasteiger partial charge in [0.1, 0.15) is 0 Å². The van der Waals surface area contributed by atoms with Gasteiger partial charge in [0.05, 0.1) is 12.1 Å². The van der Waals surface area contributed by atoms with Gasteiger partial charge in [-0.05, 0) is 24.1 Å². The number of benzene rings is 1. The Morgan fingerprint density at radius 1 is 1.31 bits per heavy atom. The molecule has 2 nitrogen and oxygen atoms in total. The Morgan fingerprint density at radius 3 is 2.54 bits per heavy atom. The largest absolute Gasteiger partial charge is 0.379 e. The van der Waals surface area contributed by atoms with E-state index in [4.69, 9.17) is 10.5 Å². The van der Waals surface area contributed by atoms with Gasteiger partial charge in [0.25, 0.3) is 0 Å². The molecule has 1 atom stereocenters. The van der Waals surface area contributed by atoms with Gasteiger partial charge in [-0.1, -0.05) is 28.1 Å². The molecule has 1 aliphatic rings. The van der Waals surface area contributed by atoms with Crippen LogP contribution in [0.5, 0.6) is 0 Å². The first-order valence-corrected chi connectivity index (χ1v) is 5.13. The zero-order valence-corrected chi connectivity index (χ0v) is 8.88. The molecule has 0 aliphatic carbocycles. The highest BCUT2D eigenvalue weighted by Gasteiger charge is 2.31. The molecule has 0 bridgehead atoms. The van der Waals surface area contributed by atoms with Crippen LogP contribution in [0, 0.1) is 0 Å². The summed E-state index contributed by atoms with van der Waals surface area (Å²) in [6.07, 6.45) is 0.911. The lowest BCUT2D eigenvalue weighted by Gasteiger charge is -2.22. The van der Waals surface area contributed by atoms with Gasteiger partial charge >= 0.3 is 0 Å². The number of rotatable bonds is 1. The second-order valence-electron chi connectivity index (χ2n) is 3.47. The molecule has 3 heteroatoms. The van der Waals surface area contributed by atoms with E-state index in [-0.39, 0.29) is 5.54 Å². The number of hydrogen-bond acceptors (Lipinski definition) is 2. The fourth-order valence-corrected chi connectivity index (χ4v) is 1.85. The van der Waals surface area contributed by atoms with E-state index in [9.17, 15) is 0 Å². The lowest BCUT2D eigenvalue weighted by Crippen LogP contribution is -2.36. The Morgan fingerprint density at radius 2 is 2.00 bits per heavy atom. The zero-order valence-electron chi connectivity index (χ0n) is 7.29. The highest BCUT2D eigenvalue weighted by molar-refractivity contribution is 9.10. The summed E-state index contributed by atoms with van der Waals surface area (Å²) in [6.45, 7) is 1.40. The summed E-state index contributed by atoms with van der Waals surface area (Å²) in [5, 5.41) is 0. The second kappa shape index (κ2) is 3.40. The van der Waals surface area contributed by atoms with Gasteiger partial charge in [0.2, 0.25) is 0 Å². The van der Waals surface area contributed by atoms with E-state index in [0.29, 0.717) is 6.61 Å². The maximum atomic E-state index is 6.19. The quantitative estimate of drug-likeness (QED) is 0.817. The number of halogens is 1. The van der Waals surface area contributed by atoms with Gasteiger partial charge in [-0.2, -0.15) is 0 Å². The van der Waals surface area contributed by atoms with Gasteiger partial charge in [0.15, 0.2) is 0 Å². The Labute approximate surface area is 86.2 Å². The molecular weight excluding hydrogens is 230 g/mol. The van der Waals surface area contributed by atoms with Crippen molar-refractivity contribution in [1.82, 2.24) is 0 Å². The SMILES string of the molecule is NC1(c2ccc(Br)cc2)CCOC1. The highest BCUT2D eigenvalue weighted by atomic mass is 79.9. The van der Waals surface area contributed by atoms with Crippen LogP contribution in [-0.4, -0.2) is 13.2 Å². The third-order valence-corrected chi connectivity index (χ3v) is 3.00. The van der Waals surface area contributed by atoms with Gasteiger partial charge in [-0.15, -0.1) is 0 Å². The first kappa shape index (κ1) is 9.19. The van der Waals surface area contributed by atoms with Crippen LogP contribution in [0.2, 0.25) is 0 Å². The minimum Gasteiger partial charge on any atom is -0.379 e. The molecule has 1 fully saturated rings. The minimum absolute atomic E-state index is 0.263. The highest BCUT2D eigenvalue weighted by Crippen LogP contribution is 2.28. The van der Waals surface area contributed by atoms with Crippen LogP contribution < -0.4 is 5.73 Å². The van der Waals surface area contributed by atoms with E-state index in [0.717, 1.165) is 23.1 Å². The van der Waals surface area contributed by atoms with Crippen LogP contribution in [0.3, 0.4) is 0 Å². The molecule has 13 heavy (non-hydrogen) atoms. The summed E-state index contributed by atoms with van der Waals surface area (Å²) in [5.74, 6) is 0. The first-order chi connectivity index (χ1) is 6.21. The van der Waals surface area contributed by atoms with Crippen LogP contribution in [0.1, 0.15) is 12.0 Å². The summed E-state index contributed by atoms with van der Waals surface area (Å²) in [5.41, 5.74) is 7.09. The van der Waals surface area contributed by atoms with Gasteiger partial charge in [-0.3, -0.25) is 0 Å². The number of nitrogens with two attached hydrogens (primary N) is 1. The van der Waals surface area contributed by atoms with Crippen LogP contribution in [0.4, 0.5) is 0 Å². The Kier molecular flexibility index (Phi) is 2.41. The summed E-state index contributed by atoms with van der Waals surface area (Å²) < 4.78 is 6.39. The monoisotopic (exact) mass is 241 g/mol. The number of ether oxygens (including phenoxy) is 1. The lowest BCUT2D eigenvalue weighted by molar-refractivity contribution is 0.178. The zero-order chi connectivity index (χ0) is 9.31. The topological polar surface area (TPSA) is 35.2 Å². The molecule has 0 saturated carbocycles. The van der Waals surface area contributed by atoms with Gasteiger partial charge in [-0.25, -0.2) is 0 Å². The van der Waals surface area contributed by atoms with Crippen molar-refractivity contribution in [3.05, 3.63) is 34.3 Å². The van der Waals surface area contributed by atoms with Crippen molar-refractivity contribution in [2.75, 3.05) is 13.2 Å². The van der Waals surface area contributed by atoms with E-state index >= 15 is 0 Å². The summed E-state index contributed by atoms with van der Waals surface area (Å²) in [4.78, 5) is 0. The molecule has 0 aromatic heterocycles. The molecule has 1 aliphatic heterocycles. The summed E-state index contributed by atoms with van der Waals surface area (Å²) in [6, 6.07) is 8.14. The summed E-state index contributed by atoms with van der Waals surface area (Å²) in [7, 11) is 0. The Hall–Kier alpha value is -0.380. The van der Waals surface area contributed by atoms with Crippen LogP contribution in [0.15, 0.2) is 28.7 Å². The van der Waals surface area contributed by atoms with Crippen molar-refractivity contribution >= 4 is 15.9 Å². The molecule has 1 saturated heterocycles. The van der Waals surface area contributed by atoms with E-state index in [1.807, 2.05) is 12.1 Å². The van der Waals surface area contributed by atoms with Crippen LogP contribution in [-0.2, 0) is 10.3 Å². The van der Waals surface area contributed by atoms with E-state index in [2.05, 4.69) is 28.1 Å². The predicted octanol–water partition coefficient (Wildman–Crippen LogP) is 2.02. The molecule has 1 heterocycles.